The van der Waals surface area contributed by atoms with Gasteiger partial charge in [-0.1, -0.05) is 32.9 Å². The molecule has 75 heavy (non-hydrogen) atoms. The van der Waals surface area contributed by atoms with Crippen molar-refractivity contribution in [1.82, 2.24) is 0 Å². The molecule has 408 valence electrons. The summed E-state index contributed by atoms with van der Waals surface area (Å²) in [4.78, 5) is 17.4. The predicted octanol–water partition coefficient (Wildman–Crippen LogP) is 17.5. The fourth-order valence-electron chi connectivity index (χ4n) is 6.24. The number of nitriles is 1. The van der Waals surface area contributed by atoms with E-state index in [9.17, 15) is 89.1 Å². The van der Waals surface area contributed by atoms with Crippen LogP contribution >= 0.6 is 22.7 Å². The van der Waals surface area contributed by atoms with Gasteiger partial charge in [0.05, 0.1) is 26.1 Å². The summed E-state index contributed by atoms with van der Waals surface area (Å²) in [5.41, 5.74) is 1.21. The number of halogens is 18. The minimum atomic E-state index is -7.10. The molecule has 0 saturated heterocycles. The Morgan fingerprint density at radius 2 is 0.920 bits per heavy atom. The lowest BCUT2D eigenvalue weighted by Crippen LogP contribution is -2.61. The quantitative estimate of drug-likeness (QED) is 0.0335. The van der Waals surface area contributed by atoms with E-state index < -0.39 is 88.2 Å². The standard InChI is InChI=1S/C48H40F18N2O4S2Si/c1-40(2,3)75(4,5)72-39(69)29(27-67)26-35-18-19-37(73-35)38-21-20-36(74-38)28-6-8-30(9-7-28)68(31-10-14-33(15-11-31)70-24-22-41(49,50)43(53,54)45(57,58)47(61,62)63)32-12-16-34(17-13-32)71-25-23-42(51,52)44(55,56)46(59,60)48(64,65)66/h6-21,26H,22-25H2,1-5H3/b29-26+. The van der Waals surface area contributed by atoms with Gasteiger partial charge in [-0.3, -0.25) is 0 Å². The average molecular weight is 1140 g/mol. The van der Waals surface area contributed by atoms with E-state index in [1.165, 1.54) is 57.9 Å². The summed E-state index contributed by atoms with van der Waals surface area (Å²) in [5, 5.41) is 9.46. The zero-order valence-corrected chi connectivity index (χ0v) is 41.9. The second kappa shape index (κ2) is 21.3. The van der Waals surface area contributed by atoms with Crippen molar-refractivity contribution in [2.24, 2.45) is 0 Å². The van der Waals surface area contributed by atoms with Crippen LogP contribution in [0.4, 0.5) is 96.1 Å². The number of ether oxygens (including phenoxy) is 2. The van der Waals surface area contributed by atoms with Crippen molar-refractivity contribution in [3.05, 3.63) is 108 Å². The zero-order chi connectivity index (χ0) is 56.6. The number of anilines is 3. The van der Waals surface area contributed by atoms with Crippen LogP contribution in [0.1, 0.15) is 38.5 Å². The molecular formula is C48H40F18N2O4S2Si. The number of hydrogen-bond acceptors (Lipinski definition) is 8. The van der Waals surface area contributed by atoms with Crippen LogP contribution in [0.15, 0.2) is 103 Å². The van der Waals surface area contributed by atoms with E-state index in [4.69, 9.17) is 13.9 Å². The van der Waals surface area contributed by atoms with Crippen LogP contribution in [-0.2, 0) is 9.22 Å². The maximum Gasteiger partial charge on any atom is 0.460 e. The highest BCUT2D eigenvalue weighted by Crippen LogP contribution is 2.55. The van der Waals surface area contributed by atoms with Crippen LogP contribution in [0, 0.1) is 11.3 Å². The van der Waals surface area contributed by atoms with Crippen molar-refractivity contribution in [2.45, 2.75) is 99.6 Å². The van der Waals surface area contributed by atoms with Crippen molar-refractivity contribution < 1.29 is 97.7 Å². The Morgan fingerprint density at radius 1 is 0.547 bits per heavy atom. The van der Waals surface area contributed by atoms with E-state index in [0.717, 1.165) is 38.9 Å². The second-order valence-electron chi connectivity index (χ2n) is 18.0. The molecule has 5 aromatic rings. The monoisotopic (exact) mass is 1140 g/mol. The lowest BCUT2D eigenvalue weighted by molar-refractivity contribution is -0.397. The molecule has 0 aliphatic heterocycles. The first-order valence-corrected chi connectivity index (χ1v) is 26.1. The summed E-state index contributed by atoms with van der Waals surface area (Å²) in [7, 11) is -2.54. The number of thiophene rings is 2. The Balaban J connectivity index is 1.39. The molecule has 0 aliphatic carbocycles. The van der Waals surface area contributed by atoms with Crippen molar-refractivity contribution >= 4 is 60.1 Å². The van der Waals surface area contributed by atoms with Crippen LogP contribution in [-0.4, -0.2) is 75.4 Å². The van der Waals surface area contributed by atoms with Gasteiger partial charge in [0.25, 0.3) is 8.32 Å². The minimum absolute atomic E-state index is 0.173. The number of hydrogen-bond donors (Lipinski definition) is 0. The van der Waals surface area contributed by atoms with Gasteiger partial charge in [-0.15, -0.1) is 22.7 Å². The van der Waals surface area contributed by atoms with Gasteiger partial charge < -0.3 is 18.8 Å². The molecule has 3 aromatic carbocycles. The van der Waals surface area contributed by atoms with Gasteiger partial charge >= 0.3 is 53.9 Å². The molecule has 0 amide bonds. The number of nitrogens with zero attached hydrogens (tertiary/aromatic N) is 2. The van der Waals surface area contributed by atoms with E-state index in [2.05, 4.69) is 0 Å². The van der Waals surface area contributed by atoms with Gasteiger partial charge in [0.2, 0.25) is 0 Å². The van der Waals surface area contributed by atoms with Crippen molar-refractivity contribution in [2.75, 3.05) is 18.1 Å². The highest BCUT2D eigenvalue weighted by molar-refractivity contribution is 7.24. The summed E-state index contributed by atoms with van der Waals surface area (Å²) in [6.45, 7) is 6.64. The number of carbonyl (C=O) groups is 1. The van der Waals surface area contributed by atoms with Gasteiger partial charge in [0.15, 0.2) is 0 Å². The molecule has 5 rings (SSSR count). The molecule has 0 saturated carbocycles. The molecular weight excluding hydrogens is 1100 g/mol. The van der Waals surface area contributed by atoms with Gasteiger partial charge in [0, 0.05) is 36.6 Å². The fourth-order valence-corrected chi connectivity index (χ4v) is 9.17. The molecule has 0 aliphatic rings. The van der Waals surface area contributed by atoms with Crippen LogP contribution in [0.25, 0.3) is 26.3 Å². The van der Waals surface area contributed by atoms with Gasteiger partial charge in [0.1, 0.15) is 23.1 Å². The normalized spacial score (nSPS) is 13.9. The number of benzene rings is 3. The molecule has 0 atom stereocenters. The van der Waals surface area contributed by atoms with Crippen molar-refractivity contribution in [3.8, 4) is 37.8 Å². The lowest BCUT2D eigenvalue weighted by Gasteiger charge is -2.35. The number of rotatable bonds is 20. The third kappa shape index (κ3) is 12.5. The Morgan fingerprint density at radius 3 is 1.31 bits per heavy atom. The maximum absolute atomic E-state index is 14.1. The highest BCUT2D eigenvalue weighted by atomic mass is 32.1. The molecule has 2 aromatic heterocycles. The fraction of sp³-hybridized carbons (Fsp3) is 0.375. The van der Waals surface area contributed by atoms with Gasteiger partial charge in [-0.2, -0.15) is 84.3 Å². The summed E-state index contributed by atoms with van der Waals surface area (Å²) in [6.07, 6.45) is -17.2. The third-order valence-electron chi connectivity index (χ3n) is 11.6. The van der Waals surface area contributed by atoms with Gasteiger partial charge in [-0.25, -0.2) is 4.79 Å². The molecule has 6 nitrogen and oxygen atoms in total. The molecule has 27 heteroatoms. The SMILES string of the molecule is CC(C)(C)[Si](C)(C)OC(=O)/C(C#N)=C/c1ccc(-c2ccc(-c3ccc(N(c4ccc(OCCC(F)(F)C(F)(F)C(F)(F)C(F)(F)F)cc4)c4ccc(OCCC(F)(F)C(F)(F)C(F)(F)C(F)(F)F)cc4)cc3)s2)s1. The van der Waals surface area contributed by atoms with Crippen molar-refractivity contribution in [1.29, 1.82) is 5.26 Å². The minimum Gasteiger partial charge on any atom is -0.515 e. The molecule has 0 bridgehead atoms. The first-order chi connectivity index (χ1) is 34.2. The van der Waals surface area contributed by atoms with Crippen LogP contribution < -0.4 is 14.4 Å². The largest absolute Gasteiger partial charge is 0.515 e. The molecule has 0 radical (unpaired) electrons. The smallest absolute Gasteiger partial charge is 0.460 e. The number of carbonyl (C=O) groups excluding carboxylic acids is 1. The molecule has 0 unspecified atom stereocenters. The molecule has 2 heterocycles. The van der Waals surface area contributed by atoms with Crippen LogP contribution in [0.2, 0.25) is 18.1 Å². The summed E-state index contributed by atoms with van der Waals surface area (Å²) >= 11 is 2.68. The topological polar surface area (TPSA) is 71.8 Å². The summed E-state index contributed by atoms with van der Waals surface area (Å²) < 4.78 is 256. The first-order valence-electron chi connectivity index (χ1n) is 21.5. The Kier molecular flexibility index (Phi) is 17.0. The van der Waals surface area contributed by atoms with Crippen LogP contribution in [0.5, 0.6) is 11.5 Å². The Labute approximate surface area is 424 Å². The van der Waals surface area contributed by atoms with Crippen LogP contribution in [0.3, 0.4) is 0 Å². The van der Waals surface area contributed by atoms with Gasteiger partial charge in [-0.05, 0) is 115 Å². The van der Waals surface area contributed by atoms with E-state index in [-0.39, 0.29) is 33.5 Å². The summed E-state index contributed by atoms with van der Waals surface area (Å²) in [5.74, 6) is -41.2. The molecule has 0 fully saturated rings. The predicted molar refractivity (Wildman–Crippen MR) is 247 cm³/mol. The Hall–Kier alpha value is -5.88. The second-order valence-corrected chi connectivity index (χ2v) is 24.9. The Bertz CT molecular complexity index is 2750. The average Bonchev–Trinajstić information content (AvgIpc) is 3.99. The van der Waals surface area contributed by atoms with E-state index in [0.29, 0.717) is 16.1 Å². The zero-order valence-electron chi connectivity index (χ0n) is 39.3. The highest BCUT2D eigenvalue weighted by Gasteiger charge is 2.82. The van der Waals surface area contributed by atoms with E-state index in [1.807, 2.05) is 52.1 Å². The third-order valence-corrected chi connectivity index (χ3v) is 18.3. The van der Waals surface area contributed by atoms with E-state index >= 15 is 0 Å². The van der Waals surface area contributed by atoms with E-state index in [1.54, 1.807) is 36.4 Å². The molecule has 0 N–H and O–H groups in total. The lowest BCUT2D eigenvalue weighted by atomic mass is 10.0. The maximum atomic E-state index is 14.1. The number of alkyl halides is 18. The molecule has 0 spiro atoms. The summed E-state index contributed by atoms with van der Waals surface area (Å²) in [6, 6.07) is 25.0. The first kappa shape index (κ1) is 60.0. The van der Waals surface area contributed by atoms with Crippen molar-refractivity contribution in [3.63, 3.8) is 0 Å².